The van der Waals surface area contributed by atoms with E-state index in [0.29, 0.717) is 6.54 Å². The van der Waals surface area contributed by atoms with Crippen LogP contribution in [0, 0.1) is 0 Å². The minimum absolute atomic E-state index is 0.0156. The monoisotopic (exact) mass is 141 g/mol. The average Bonchev–Trinajstić information content (AvgIpc) is 1.87. The van der Waals surface area contributed by atoms with E-state index in [9.17, 15) is 9.59 Å². The molecule has 0 bridgehead atoms. The molecule has 0 aliphatic rings. The third-order valence-corrected chi connectivity index (χ3v) is 1.04. The zero-order chi connectivity index (χ0) is 8.15. The molecule has 0 rings (SSSR count). The Hall–Kier alpha value is -1.12. The molecule has 0 aromatic heterocycles. The van der Waals surface area contributed by atoms with Gasteiger partial charge in [-0.25, -0.2) is 0 Å². The van der Waals surface area contributed by atoms with E-state index in [0.717, 1.165) is 0 Å². The topological polar surface area (TPSA) is 46.2 Å². The molecule has 10 heavy (non-hydrogen) atoms. The van der Waals surface area contributed by atoms with Crippen LogP contribution in [-0.2, 0) is 9.59 Å². The van der Waals surface area contributed by atoms with Gasteiger partial charge in [0.2, 0.25) is 0 Å². The highest BCUT2D eigenvalue weighted by molar-refractivity contribution is 6.17. The molecule has 0 aliphatic heterocycles. The van der Waals surface area contributed by atoms with E-state index < -0.39 is 0 Å². The van der Waals surface area contributed by atoms with Gasteiger partial charge in [-0.3, -0.25) is 9.59 Å². The van der Waals surface area contributed by atoms with Gasteiger partial charge in [-0.15, -0.1) is 0 Å². The fourth-order valence-electron chi connectivity index (χ4n) is 0.427. The Kier molecular flexibility index (Phi) is 3.39. The van der Waals surface area contributed by atoms with E-state index in [1.54, 1.807) is 6.92 Å². The lowest BCUT2D eigenvalue weighted by Gasteiger charge is -1.99. The molecule has 0 aromatic carbocycles. The summed E-state index contributed by atoms with van der Waals surface area (Å²) in [6.45, 7) is 6.93. The standard InChI is InChI=1S/C7H11NO2/c1-4-8-7(10)5(2)6(3)9/h2,4H2,1,3H3,(H,8,10). The van der Waals surface area contributed by atoms with Crippen molar-refractivity contribution >= 4 is 11.7 Å². The predicted octanol–water partition coefficient (Wildman–Crippen LogP) is 0.268. The highest BCUT2D eigenvalue weighted by Gasteiger charge is 2.08. The smallest absolute Gasteiger partial charge is 0.254 e. The first kappa shape index (κ1) is 8.88. The lowest BCUT2D eigenvalue weighted by Crippen LogP contribution is -2.26. The molecule has 1 N–H and O–H groups in total. The van der Waals surface area contributed by atoms with Crippen LogP contribution < -0.4 is 5.32 Å². The molecule has 0 spiro atoms. The van der Waals surface area contributed by atoms with Gasteiger partial charge in [0.05, 0.1) is 5.57 Å². The van der Waals surface area contributed by atoms with Gasteiger partial charge >= 0.3 is 0 Å². The van der Waals surface area contributed by atoms with E-state index in [-0.39, 0.29) is 17.3 Å². The Bertz CT molecular complexity index is 172. The van der Waals surface area contributed by atoms with Gasteiger partial charge in [0.25, 0.3) is 5.91 Å². The molecule has 1 amide bonds. The van der Waals surface area contributed by atoms with Crippen molar-refractivity contribution in [2.75, 3.05) is 6.54 Å². The summed E-state index contributed by atoms with van der Waals surface area (Å²) in [7, 11) is 0. The number of hydrogen-bond donors (Lipinski definition) is 1. The molecule has 0 radical (unpaired) electrons. The van der Waals surface area contributed by atoms with Crippen molar-refractivity contribution in [3.63, 3.8) is 0 Å². The third kappa shape index (κ3) is 2.44. The van der Waals surface area contributed by atoms with E-state index >= 15 is 0 Å². The van der Waals surface area contributed by atoms with Gasteiger partial charge in [0.1, 0.15) is 0 Å². The normalized spacial score (nSPS) is 8.60. The zero-order valence-electron chi connectivity index (χ0n) is 6.23. The van der Waals surface area contributed by atoms with Gasteiger partial charge in [-0.05, 0) is 13.8 Å². The van der Waals surface area contributed by atoms with Gasteiger partial charge in [-0.1, -0.05) is 6.58 Å². The molecule has 0 fully saturated rings. The maximum Gasteiger partial charge on any atom is 0.254 e. The average molecular weight is 141 g/mol. The fraction of sp³-hybridized carbons (Fsp3) is 0.429. The minimum Gasteiger partial charge on any atom is -0.352 e. The van der Waals surface area contributed by atoms with Crippen molar-refractivity contribution in [1.29, 1.82) is 0 Å². The number of likely N-dealkylation sites (N-methyl/N-ethyl adjacent to an activating group) is 1. The summed E-state index contributed by atoms with van der Waals surface area (Å²) in [5.74, 6) is -0.666. The van der Waals surface area contributed by atoms with E-state index in [4.69, 9.17) is 0 Å². The van der Waals surface area contributed by atoms with E-state index in [2.05, 4.69) is 11.9 Å². The Balaban J connectivity index is 3.96. The minimum atomic E-state index is -0.380. The first-order valence-corrected chi connectivity index (χ1v) is 3.07. The van der Waals surface area contributed by atoms with Gasteiger partial charge in [0.15, 0.2) is 5.78 Å². The van der Waals surface area contributed by atoms with Crippen LogP contribution in [0.25, 0.3) is 0 Å². The van der Waals surface area contributed by atoms with Crippen molar-refractivity contribution in [3.05, 3.63) is 12.2 Å². The number of ketones is 1. The molecule has 3 heteroatoms. The number of nitrogens with one attached hydrogen (secondary N) is 1. The van der Waals surface area contributed by atoms with E-state index in [1.807, 2.05) is 0 Å². The summed E-state index contributed by atoms with van der Waals surface area (Å²) in [4.78, 5) is 21.3. The van der Waals surface area contributed by atoms with Crippen LogP contribution in [0.15, 0.2) is 12.2 Å². The largest absolute Gasteiger partial charge is 0.352 e. The maximum atomic E-state index is 10.8. The Morgan fingerprint density at radius 3 is 2.30 bits per heavy atom. The second-order valence-corrected chi connectivity index (χ2v) is 1.89. The summed E-state index contributed by atoms with van der Waals surface area (Å²) in [5, 5.41) is 2.47. The molecule has 0 saturated heterocycles. The molecular weight excluding hydrogens is 130 g/mol. The van der Waals surface area contributed by atoms with Crippen molar-refractivity contribution in [1.82, 2.24) is 5.32 Å². The van der Waals surface area contributed by atoms with Crippen LogP contribution in [0.5, 0.6) is 0 Å². The molecule has 3 nitrogen and oxygen atoms in total. The molecule has 0 heterocycles. The highest BCUT2D eigenvalue weighted by Crippen LogP contribution is 1.90. The van der Waals surface area contributed by atoms with E-state index in [1.165, 1.54) is 6.92 Å². The van der Waals surface area contributed by atoms with Crippen LogP contribution in [0.3, 0.4) is 0 Å². The molecule has 0 unspecified atom stereocenters. The van der Waals surface area contributed by atoms with Gasteiger partial charge < -0.3 is 5.32 Å². The second-order valence-electron chi connectivity index (χ2n) is 1.89. The van der Waals surface area contributed by atoms with Crippen molar-refractivity contribution in [3.8, 4) is 0 Å². The molecule has 56 valence electrons. The molecule has 0 atom stereocenters. The van der Waals surface area contributed by atoms with Gasteiger partial charge in [0, 0.05) is 6.54 Å². The van der Waals surface area contributed by atoms with Crippen LogP contribution in [0.4, 0.5) is 0 Å². The Morgan fingerprint density at radius 2 is 2.00 bits per heavy atom. The fourth-order valence-corrected chi connectivity index (χ4v) is 0.427. The number of hydrogen-bond acceptors (Lipinski definition) is 2. The second kappa shape index (κ2) is 3.82. The van der Waals surface area contributed by atoms with Crippen LogP contribution >= 0.6 is 0 Å². The van der Waals surface area contributed by atoms with Crippen molar-refractivity contribution in [2.24, 2.45) is 0 Å². The number of rotatable bonds is 3. The first-order chi connectivity index (χ1) is 4.59. The van der Waals surface area contributed by atoms with Crippen LogP contribution in [0.2, 0.25) is 0 Å². The first-order valence-electron chi connectivity index (χ1n) is 3.07. The number of Topliss-reactive ketones (excluding diaryl/α,β-unsaturated/α-hetero) is 1. The number of amides is 1. The van der Waals surface area contributed by atoms with Crippen molar-refractivity contribution < 1.29 is 9.59 Å². The van der Waals surface area contributed by atoms with Crippen LogP contribution in [-0.4, -0.2) is 18.2 Å². The zero-order valence-corrected chi connectivity index (χ0v) is 6.23. The summed E-state index contributed by atoms with van der Waals surface area (Å²) in [6.07, 6.45) is 0. The lowest BCUT2D eigenvalue weighted by molar-refractivity contribution is -0.121. The molecule has 0 saturated carbocycles. The SMILES string of the molecule is C=C(C(C)=O)C(=O)NCC. The summed E-state index contributed by atoms with van der Waals surface area (Å²) >= 11 is 0. The highest BCUT2D eigenvalue weighted by atomic mass is 16.2. The Morgan fingerprint density at radius 1 is 1.50 bits per heavy atom. The Labute approximate surface area is 60.1 Å². The molecule has 0 aromatic rings. The van der Waals surface area contributed by atoms with Crippen molar-refractivity contribution in [2.45, 2.75) is 13.8 Å². The summed E-state index contributed by atoms with van der Waals surface area (Å²) in [5.41, 5.74) is 0.0156. The third-order valence-electron chi connectivity index (χ3n) is 1.04. The quantitative estimate of drug-likeness (QED) is 0.348. The van der Waals surface area contributed by atoms with Gasteiger partial charge in [-0.2, -0.15) is 0 Å². The maximum absolute atomic E-state index is 10.8. The number of carbonyl (C=O) groups excluding carboxylic acids is 2. The lowest BCUT2D eigenvalue weighted by atomic mass is 10.2. The summed E-state index contributed by atoms with van der Waals surface area (Å²) in [6, 6.07) is 0. The number of carbonyl (C=O) groups is 2. The molecule has 0 aliphatic carbocycles. The van der Waals surface area contributed by atoms with Crippen LogP contribution in [0.1, 0.15) is 13.8 Å². The predicted molar refractivity (Wildman–Crippen MR) is 38.5 cm³/mol. The molecular formula is C7H11NO2. The summed E-state index contributed by atoms with van der Waals surface area (Å²) < 4.78 is 0.